The summed E-state index contributed by atoms with van der Waals surface area (Å²) < 4.78 is 0. The van der Waals surface area contributed by atoms with Gasteiger partial charge in [0.2, 0.25) is 0 Å². The number of amides is 2. The van der Waals surface area contributed by atoms with Crippen molar-refractivity contribution >= 4 is 73.9 Å². The van der Waals surface area contributed by atoms with Gasteiger partial charge in [-0.1, -0.05) is 29.3 Å². The van der Waals surface area contributed by atoms with Crippen molar-refractivity contribution in [1.82, 2.24) is 9.97 Å². The maximum absolute atomic E-state index is 12.6. The molecule has 0 bridgehead atoms. The molecule has 0 saturated heterocycles. The Hall–Kier alpha value is -2.42. The van der Waals surface area contributed by atoms with E-state index in [9.17, 15) is 14.7 Å². The van der Waals surface area contributed by atoms with Gasteiger partial charge in [-0.05, 0) is 12.1 Å². The SMILES string of the molecule is O=C(O)c1sc2ncnc3c2c1NC(=O)N3c1c(Cl)cccc1Cl. The third-order valence-electron chi connectivity index (χ3n) is 3.47. The molecule has 10 heteroatoms. The van der Waals surface area contributed by atoms with E-state index in [0.29, 0.717) is 10.2 Å². The van der Waals surface area contributed by atoms with Crippen LogP contribution in [0.2, 0.25) is 10.0 Å². The van der Waals surface area contributed by atoms with Crippen molar-refractivity contribution in [1.29, 1.82) is 0 Å². The molecule has 2 amide bonds. The fourth-order valence-electron chi connectivity index (χ4n) is 2.53. The number of thiophene rings is 1. The molecule has 0 saturated carbocycles. The number of rotatable bonds is 2. The molecule has 1 aromatic carbocycles. The van der Waals surface area contributed by atoms with E-state index in [4.69, 9.17) is 23.2 Å². The molecule has 1 aliphatic rings. The van der Waals surface area contributed by atoms with Crippen molar-refractivity contribution in [3.8, 4) is 0 Å². The molecule has 4 rings (SSSR count). The molecular weight excluding hydrogens is 375 g/mol. The number of hydrogen-bond donors (Lipinski definition) is 2. The van der Waals surface area contributed by atoms with Gasteiger partial charge in [-0.15, -0.1) is 11.3 Å². The Morgan fingerprint density at radius 2 is 1.96 bits per heavy atom. The second-order valence-corrected chi connectivity index (χ2v) is 6.64. The van der Waals surface area contributed by atoms with Crippen LogP contribution in [0.25, 0.3) is 10.2 Å². The number of nitrogens with zero attached hydrogens (tertiary/aromatic N) is 3. The highest BCUT2D eigenvalue weighted by Gasteiger charge is 2.35. The standard InChI is InChI=1S/C14H6Cl2N4O3S/c15-5-2-1-3-6(16)9(5)20-11-7-8(19-14(20)23)10(13(21)22)24-12(7)18-4-17-11/h1-4H,(H,19,23)(H,21,22). The first-order valence-corrected chi connectivity index (χ1v) is 8.12. The third kappa shape index (κ3) is 2.04. The molecule has 0 fully saturated rings. The van der Waals surface area contributed by atoms with Gasteiger partial charge in [0.05, 0.1) is 26.8 Å². The van der Waals surface area contributed by atoms with Gasteiger partial charge in [0, 0.05) is 0 Å². The zero-order valence-electron chi connectivity index (χ0n) is 11.6. The number of para-hydroxylation sites is 1. The lowest BCUT2D eigenvalue weighted by Crippen LogP contribution is -2.35. The van der Waals surface area contributed by atoms with Gasteiger partial charge in [0.15, 0.2) is 5.82 Å². The van der Waals surface area contributed by atoms with Gasteiger partial charge in [0.25, 0.3) is 0 Å². The van der Waals surface area contributed by atoms with E-state index >= 15 is 0 Å². The topological polar surface area (TPSA) is 95.4 Å². The summed E-state index contributed by atoms with van der Waals surface area (Å²) in [5.74, 6) is -0.916. The van der Waals surface area contributed by atoms with Crippen molar-refractivity contribution in [3.05, 3.63) is 39.4 Å². The number of carboxylic acid groups (broad SMARTS) is 1. The Bertz CT molecular complexity index is 1020. The van der Waals surface area contributed by atoms with Gasteiger partial charge < -0.3 is 10.4 Å². The summed E-state index contributed by atoms with van der Waals surface area (Å²) in [6.45, 7) is 0. The summed E-state index contributed by atoms with van der Waals surface area (Å²) in [5, 5.41) is 12.9. The van der Waals surface area contributed by atoms with Crippen LogP contribution < -0.4 is 10.2 Å². The molecule has 0 radical (unpaired) electrons. The number of anilines is 3. The van der Waals surface area contributed by atoms with Crippen molar-refractivity contribution in [2.24, 2.45) is 0 Å². The lowest BCUT2D eigenvalue weighted by Gasteiger charge is -2.28. The van der Waals surface area contributed by atoms with Crippen LogP contribution in [0.3, 0.4) is 0 Å². The van der Waals surface area contributed by atoms with Crippen molar-refractivity contribution in [3.63, 3.8) is 0 Å². The lowest BCUT2D eigenvalue weighted by molar-refractivity contribution is 0.0703. The highest BCUT2D eigenvalue weighted by atomic mass is 35.5. The van der Waals surface area contributed by atoms with E-state index in [1.165, 1.54) is 11.2 Å². The van der Waals surface area contributed by atoms with Crippen molar-refractivity contribution < 1.29 is 14.7 Å². The average Bonchev–Trinajstić information content (AvgIpc) is 2.90. The van der Waals surface area contributed by atoms with E-state index in [1.54, 1.807) is 18.2 Å². The summed E-state index contributed by atoms with van der Waals surface area (Å²) in [5.41, 5.74) is 0.453. The number of hydrogen-bond acceptors (Lipinski definition) is 5. The first-order chi connectivity index (χ1) is 11.5. The number of nitrogens with one attached hydrogen (secondary N) is 1. The molecule has 0 spiro atoms. The summed E-state index contributed by atoms with van der Waals surface area (Å²) in [6, 6.07) is 4.25. The summed E-state index contributed by atoms with van der Waals surface area (Å²) in [7, 11) is 0. The monoisotopic (exact) mass is 380 g/mol. The lowest BCUT2D eigenvalue weighted by atomic mass is 10.2. The van der Waals surface area contributed by atoms with Crippen LogP contribution >= 0.6 is 34.5 Å². The van der Waals surface area contributed by atoms with E-state index in [-0.39, 0.29) is 32.1 Å². The second kappa shape index (κ2) is 5.30. The fourth-order valence-corrected chi connectivity index (χ4v) is 4.02. The average molecular weight is 381 g/mol. The van der Waals surface area contributed by atoms with Crippen LogP contribution in [-0.4, -0.2) is 27.1 Å². The normalized spacial score (nSPS) is 13.2. The van der Waals surface area contributed by atoms with Gasteiger partial charge in [0.1, 0.15) is 16.0 Å². The Kier molecular flexibility index (Phi) is 3.34. The van der Waals surface area contributed by atoms with E-state index in [1.807, 2.05) is 0 Å². The minimum absolute atomic E-state index is 0.00925. The fraction of sp³-hybridized carbons (Fsp3) is 0. The molecule has 0 aliphatic carbocycles. The van der Waals surface area contributed by atoms with Crippen LogP contribution in [0.1, 0.15) is 9.67 Å². The number of carbonyl (C=O) groups is 2. The second-order valence-electron chi connectivity index (χ2n) is 4.82. The zero-order chi connectivity index (χ0) is 17.0. The Morgan fingerprint density at radius 1 is 1.25 bits per heavy atom. The van der Waals surface area contributed by atoms with Crippen LogP contribution in [0.4, 0.5) is 22.0 Å². The molecule has 1 aliphatic heterocycles. The van der Waals surface area contributed by atoms with Gasteiger partial charge in [-0.25, -0.2) is 24.5 Å². The number of carbonyl (C=O) groups excluding carboxylic acids is 1. The van der Waals surface area contributed by atoms with Crippen LogP contribution in [0.15, 0.2) is 24.5 Å². The third-order valence-corrected chi connectivity index (χ3v) is 5.17. The quantitative estimate of drug-likeness (QED) is 0.687. The van der Waals surface area contributed by atoms with Gasteiger partial charge in [-0.2, -0.15) is 0 Å². The molecule has 3 heterocycles. The predicted octanol–water partition coefficient (Wildman–Crippen LogP) is 4.38. The largest absolute Gasteiger partial charge is 0.477 e. The van der Waals surface area contributed by atoms with Gasteiger partial charge >= 0.3 is 12.0 Å². The Balaban J connectivity index is 2.06. The number of aromatic carboxylic acids is 1. The number of carboxylic acids is 1. The molecule has 2 N–H and O–H groups in total. The van der Waals surface area contributed by atoms with E-state index in [2.05, 4.69) is 15.3 Å². The highest BCUT2D eigenvalue weighted by molar-refractivity contribution is 7.21. The number of urea groups is 1. The highest BCUT2D eigenvalue weighted by Crippen LogP contribution is 2.47. The molecule has 0 unspecified atom stereocenters. The molecule has 24 heavy (non-hydrogen) atoms. The van der Waals surface area contributed by atoms with Crippen LogP contribution in [0, 0.1) is 0 Å². The molecular formula is C14H6Cl2N4O3S. The first-order valence-electron chi connectivity index (χ1n) is 6.55. The number of benzene rings is 1. The van der Waals surface area contributed by atoms with Gasteiger partial charge in [-0.3, -0.25) is 0 Å². The summed E-state index contributed by atoms with van der Waals surface area (Å²) in [6.07, 6.45) is 1.26. The summed E-state index contributed by atoms with van der Waals surface area (Å²) in [4.78, 5) is 33.9. The summed E-state index contributed by atoms with van der Waals surface area (Å²) >= 11 is 13.4. The predicted molar refractivity (Wildman–Crippen MR) is 92.0 cm³/mol. The zero-order valence-corrected chi connectivity index (χ0v) is 13.9. The Morgan fingerprint density at radius 3 is 2.62 bits per heavy atom. The minimum Gasteiger partial charge on any atom is -0.477 e. The first kappa shape index (κ1) is 15.1. The number of halogens is 2. The van der Waals surface area contributed by atoms with Crippen LogP contribution in [-0.2, 0) is 0 Å². The number of aromatic nitrogens is 2. The van der Waals surface area contributed by atoms with E-state index in [0.717, 1.165) is 11.3 Å². The van der Waals surface area contributed by atoms with Crippen molar-refractivity contribution in [2.45, 2.75) is 0 Å². The van der Waals surface area contributed by atoms with Crippen LogP contribution in [0.5, 0.6) is 0 Å². The molecule has 3 aromatic rings. The molecule has 0 atom stereocenters. The Labute approximate surface area is 148 Å². The van der Waals surface area contributed by atoms with Crippen molar-refractivity contribution in [2.75, 3.05) is 10.2 Å². The smallest absolute Gasteiger partial charge is 0.348 e. The molecule has 120 valence electrons. The molecule has 7 nitrogen and oxygen atoms in total. The maximum Gasteiger partial charge on any atom is 0.348 e. The molecule has 2 aromatic heterocycles. The maximum atomic E-state index is 12.6. The minimum atomic E-state index is -1.15. The van der Waals surface area contributed by atoms with E-state index < -0.39 is 12.0 Å².